The van der Waals surface area contributed by atoms with Gasteiger partial charge in [-0.05, 0) is 79.1 Å². The van der Waals surface area contributed by atoms with Crippen LogP contribution in [-0.2, 0) is 9.59 Å². The zero-order valence-electron chi connectivity index (χ0n) is 21.7. The van der Waals surface area contributed by atoms with Crippen molar-refractivity contribution in [1.82, 2.24) is 0 Å². The van der Waals surface area contributed by atoms with Crippen molar-refractivity contribution in [1.29, 1.82) is 0 Å². The summed E-state index contributed by atoms with van der Waals surface area (Å²) in [5.41, 5.74) is 3.23. The number of allylic oxidation sites excluding steroid dienone is 2. The number of carbonyl (C=O) groups is 2. The van der Waals surface area contributed by atoms with E-state index >= 15 is 0 Å². The molecule has 0 atom stereocenters. The first-order chi connectivity index (χ1) is 16.7. The van der Waals surface area contributed by atoms with Crippen LogP contribution in [-0.4, -0.2) is 25.3 Å². The number of aryl methyl sites for hydroxylation is 2. The zero-order valence-corrected chi connectivity index (χ0v) is 21.7. The molecule has 2 aromatic rings. The lowest BCUT2D eigenvalue weighted by Crippen LogP contribution is -2.39. The van der Waals surface area contributed by atoms with Gasteiger partial charge in [-0.3, -0.25) is 9.59 Å². The molecular formula is C31H38O4. The van der Waals surface area contributed by atoms with Gasteiger partial charge in [-0.1, -0.05) is 69.5 Å². The quantitative estimate of drug-likeness (QED) is 0.271. The van der Waals surface area contributed by atoms with E-state index < -0.39 is 5.41 Å². The normalized spacial score (nSPS) is 15.6. The molecule has 1 aliphatic rings. The first-order valence-electron chi connectivity index (χ1n) is 12.6. The Kier molecular flexibility index (Phi) is 9.08. The third-order valence-corrected chi connectivity index (χ3v) is 6.80. The Morgan fingerprint density at radius 2 is 1.46 bits per heavy atom. The first kappa shape index (κ1) is 26.5. The van der Waals surface area contributed by atoms with E-state index in [0.717, 1.165) is 30.4 Å². The maximum absolute atomic E-state index is 13.5. The van der Waals surface area contributed by atoms with Gasteiger partial charge in [-0.2, -0.15) is 0 Å². The molecule has 186 valence electrons. The molecule has 4 nitrogen and oxygen atoms in total. The van der Waals surface area contributed by atoms with Gasteiger partial charge in [0.05, 0.1) is 19.1 Å². The fraction of sp³-hybridized carbons (Fsp3) is 0.419. The Labute approximate surface area is 210 Å². The molecule has 0 bridgehead atoms. The number of hydrogen-bond acceptors (Lipinski definition) is 4. The number of ether oxygens (including phenoxy) is 2. The molecule has 0 heterocycles. The van der Waals surface area contributed by atoms with Crippen LogP contribution in [0.3, 0.4) is 0 Å². The van der Waals surface area contributed by atoms with E-state index in [1.165, 1.54) is 11.1 Å². The highest BCUT2D eigenvalue weighted by atomic mass is 16.5. The molecule has 0 radical (unpaired) electrons. The fourth-order valence-corrected chi connectivity index (χ4v) is 4.47. The monoisotopic (exact) mass is 474 g/mol. The molecule has 35 heavy (non-hydrogen) atoms. The van der Waals surface area contributed by atoms with Crippen LogP contribution in [0.5, 0.6) is 11.5 Å². The number of ketones is 2. The highest BCUT2D eigenvalue weighted by Gasteiger charge is 2.43. The van der Waals surface area contributed by atoms with Crippen LogP contribution in [0.1, 0.15) is 68.2 Å². The Hall–Kier alpha value is -3.14. The average Bonchev–Trinajstić information content (AvgIpc) is 2.86. The molecule has 0 aliphatic heterocycles. The number of hydrogen-bond donors (Lipinski definition) is 0. The second-order valence-corrected chi connectivity index (χ2v) is 10.00. The molecule has 0 amide bonds. The first-order valence-corrected chi connectivity index (χ1v) is 12.6. The van der Waals surface area contributed by atoms with Crippen LogP contribution in [0, 0.1) is 25.2 Å². The lowest BCUT2D eigenvalue weighted by atomic mass is 9.68. The Balaban J connectivity index is 1.82. The molecule has 0 unspecified atom stereocenters. The van der Waals surface area contributed by atoms with Gasteiger partial charge >= 0.3 is 0 Å². The summed E-state index contributed by atoms with van der Waals surface area (Å²) in [6.07, 6.45) is 10.8. The third kappa shape index (κ3) is 6.72. The smallest absolute Gasteiger partial charge is 0.169 e. The van der Waals surface area contributed by atoms with Crippen LogP contribution < -0.4 is 9.47 Å². The van der Waals surface area contributed by atoms with Crippen LogP contribution in [0.15, 0.2) is 48.6 Å². The second kappa shape index (κ2) is 12.0. The minimum absolute atomic E-state index is 0.0965. The minimum atomic E-state index is -0.978. The van der Waals surface area contributed by atoms with Gasteiger partial charge in [0.2, 0.25) is 0 Å². The molecule has 2 aromatic carbocycles. The number of benzene rings is 2. The number of rotatable bonds is 10. The predicted molar refractivity (Wildman–Crippen MR) is 143 cm³/mol. The summed E-state index contributed by atoms with van der Waals surface area (Å²) in [5.74, 6) is 1.47. The van der Waals surface area contributed by atoms with Crippen LogP contribution >= 0.6 is 0 Å². The lowest BCUT2D eigenvalue weighted by molar-refractivity contribution is -0.137. The van der Waals surface area contributed by atoms with E-state index in [2.05, 4.69) is 39.8 Å². The maximum atomic E-state index is 13.5. The van der Waals surface area contributed by atoms with Crippen molar-refractivity contribution >= 4 is 23.7 Å². The molecule has 4 heteroatoms. The SMILES string of the molecule is COc1ccc(/C=C/C(=O)C2(C(=O)/C=C/c3ccc(C)c(C)c3)CCCCC2)cc1OCC(C)C. The van der Waals surface area contributed by atoms with Crippen molar-refractivity contribution in [2.24, 2.45) is 11.3 Å². The fourth-order valence-electron chi connectivity index (χ4n) is 4.47. The third-order valence-electron chi connectivity index (χ3n) is 6.80. The number of carbonyl (C=O) groups excluding carboxylic acids is 2. The summed E-state index contributed by atoms with van der Waals surface area (Å²) < 4.78 is 11.3. The molecule has 1 aliphatic carbocycles. The summed E-state index contributed by atoms with van der Waals surface area (Å²) in [6, 6.07) is 11.7. The van der Waals surface area contributed by atoms with Crippen molar-refractivity contribution in [3.63, 3.8) is 0 Å². The highest BCUT2D eigenvalue weighted by molar-refractivity contribution is 6.17. The van der Waals surface area contributed by atoms with Crippen molar-refractivity contribution in [3.05, 3.63) is 70.8 Å². The van der Waals surface area contributed by atoms with Crippen LogP contribution in [0.2, 0.25) is 0 Å². The average molecular weight is 475 g/mol. The molecular weight excluding hydrogens is 436 g/mol. The van der Waals surface area contributed by atoms with Crippen LogP contribution in [0.4, 0.5) is 0 Å². The summed E-state index contributed by atoms with van der Waals surface area (Å²) in [4.78, 5) is 26.9. The highest BCUT2D eigenvalue weighted by Crippen LogP contribution is 2.39. The largest absolute Gasteiger partial charge is 0.493 e. The van der Waals surface area contributed by atoms with E-state index in [-0.39, 0.29) is 11.6 Å². The van der Waals surface area contributed by atoms with Gasteiger partial charge in [0.25, 0.3) is 0 Å². The molecule has 0 saturated heterocycles. The summed E-state index contributed by atoms with van der Waals surface area (Å²) in [6.45, 7) is 8.88. The van der Waals surface area contributed by atoms with Crippen molar-refractivity contribution in [2.75, 3.05) is 13.7 Å². The molecule has 0 spiro atoms. The predicted octanol–water partition coefficient (Wildman–Crippen LogP) is 7.16. The van der Waals surface area contributed by atoms with Crippen LogP contribution in [0.25, 0.3) is 12.2 Å². The summed E-state index contributed by atoms with van der Waals surface area (Å²) >= 11 is 0. The molecule has 0 N–H and O–H groups in total. The maximum Gasteiger partial charge on any atom is 0.169 e. The second-order valence-electron chi connectivity index (χ2n) is 10.00. The Morgan fingerprint density at radius 3 is 2.03 bits per heavy atom. The van der Waals surface area contributed by atoms with Gasteiger partial charge in [-0.25, -0.2) is 0 Å². The van der Waals surface area contributed by atoms with E-state index in [1.807, 2.05) is 30.3 Å². The lowest BCUT2D eigenvalue weighted by Gasteiger charge is -2.32. The Morgan fingerprint density at radius 1 is 0.857 bits per heavy atom. The van der Waals surface area contributed by atoms with Crippen molar-refractivity contribution in [3.8, 4) is 11.5 Å². The molecule has 0 aromatic heterocycles. The van der Waals surface area contributed by atoms with Crippen molar-refractivity contribution < 1.29 is 19.1 Å². The van der Waals surface area contributed by atoms with Crippen molar-refractivity contribution in [2.45, 2.75) is 59.8 Å². The van der Waals surface area contributed by atoms with Gasteiger partial charge < -0.3 is 9.47 Å². The summed E-state index contributed by atoms with van der Waals surface area (Å²) in [5, 5.41) is 0. The van der Waals surface area contributed by atoms with E-state index in [0.29, 0.717) is 36.9 Å². The molecule has 1 saturated carbocycles. The van der Waals surface area contributed by atoms with Gasteiger partial charge in [0.15, 0.2) is 23.1 Å². The number of methoxy groups -OCH3 is 1. The van der Waals surface area contributed by atoms with Gasteiger partial charge in [0, 0.05) is 0 Å². The van der Waals surface area contributed by atoms with E-state index in [9.17, 15) is 9.59 Å². The topological polar surface area (TPSA) is 52.6 Å². The molecule has 3 rings (SSSR count). The summed E-state index contributed by atoms with van der Waals surface area (Å²) in [7, 11) is 1.61. The standard InChI is InChI=1S/C31H38O4/c1-22(2)21-35-28-20-26(11-14-27(28)34-5)13-16-30(33)31(17-7-6-8-18-31)29(32)15-12-25-10-9-23(3)24(4)19-25/h9-16,19-20,22H,6-8,17-18,21H2,1-5H3/b15-12+,16-13+. The Bertz CT molecular complexity index is 1100. The zero-order chi connectivity index (χ0) is 25.4. The van der Waals surface area contributed by atoms with Gasteiger partial charge in [-0.15, -0.1) is 0 Å². The molecule has 1 fully saturated rings. The van der Waals surface area contributed by atoms with Gasteiger partial charge in [0.1, 0.15) is 0 Å². The minimum Gasteiger partial charge on any atom is -0.493 e. The van der Waals surface area contributed by atoms with E-state index in [1.54, 1.807) is 25.3 Å². The van der Waals surface area contributed by atoms with E-state index in [4.69, 9.17) is 9.47 Å².